The summed E-state index contributed by atoms with van der Waals surface area (Å²) >= 11 is 0. The second-order valence-corrected chi connectivity index (χ2v) is 7.93. The average molecular weight is 392 g/mol. The van der Waals surface area contributed by atoms with Gasteiger partial charge in [0.25, 0.3) is 5.56 Å². The van der Waals surface area contributed by atoms with E-state index in [4.69, 9.17) is 4.74 Å². The minimum Gasteiger partial charge on any atom is -0.497 e. The first-order valence-electron chi connectivity index (χ1n) is 9.91. The van der Waals surface area contributed by atoms with E-state index in [1.165, 1.54) is 5.56 Å². The SMILES string of the molecule is COc1ccc2cc(CCNC(=O)CCC(C)(C)c3ccccc3)c(=O)[nH]c2c1. The molecule has 0 aliphatic heterocycles. The number of aromatic amines is 1. The van der Waals surface area contributed by atoms with Gasteiger partial charge in [0.2, 0.25) is 5.91 Å². The molecular weight excluding hydrogens is 364 g/mol. The summed E-state index contributed by atoms with van der Waals surface area (Å²) in [6, 6.07) is 17.7. The third-order valence-corrected chi connectivity index (χ3v) is 5.38. The van der Waals surface area contributed by atoms with Gasteiger partial charge in [-0.25, -0.2) is 0 Å². The molecule has 0 aliphatic carbocycles. The Kier molecular flexibility index (Phi) is 6.37. The Morgan fingerprint density at radius 1 is 1.10 bits per heavy atom. The number of rotatable bonds is 8. The van der Waals surface area contributed by atoms with E-state index in [1.807, 2.05) is 36.4 Å². The predicted molar refractivity (Wildman–Crippen MR) is 117 cm³/mol. The van der Waals surface area contributed by atoms with Crippen molar-refractivity contribution in [1.29, 1.82) is 0 Å². The number of benzene rings is 2. The van der Waals surface area contributed by atoms with Crippen molar-refractivity contribution >= 4 is 16.8 Å². The number of ether oxygens (including phenoxy) is 1. The van der Waals surface area contributed by atoms with E-state index >= 15 is 0 Å². The molecule has 0 radical (unpaired) electrons. The van der Waals surface area contributed by atoms with E-state index in [2.05, 4.69) is 36.3 Å². The molecule has 29 heavy (non-hydrogen) atoms. The first-order valence-corrected chi connectivity index (χ1v) is 9.91. The van der Waals surface area contributed by atoms with Gasteiger partial charge in [0, 0.05) is 24.6 Å². The van der Waals surface area contributed by atoms with Crippen molar-refractivity contribution in [1.82, 2.24) is 10.3 Å². The van der Waals surface area contributed by atoms with Gasteiger partial charge in [-0.05, 0) is 47.4 Å². The van der Waals surface area contributed by atoms with Crippen LogP contribution in [-0.4, -0.2) is 24.5 Å². The summed E-state index contributed by atoms with van der Waals surface area (Å²) in [6.45, 7) is 4.74. The van der Waals surface area contributed by atoms with Gasteiger partial charge in [-0.3, -0.25) is 9.59 Å². The van der Waals surface area contributed by atoms with Crippen molar-refractivity contribution in [2.75, 3.05) is 13.7 Å². The molecule has 0 spiro atoms. The van der Waals surface area contributed by atoms with Crippen LogP contribution in [0.4, 0.5) is 0 Å². The zero-order valence-electron chi connectivity index (χ0n) is 17.2. The molecule has 0 aliphatic rings. The number of fused-ring (bicyclic) bond motifs is 1. The minimum absolute atomic E-state index is 0.0101. The highest BCUT2D eigenvalue weighted by atomic mass is 16.5. The molecule has 5 heteroatoms. The van der Waals surface area contributed by atoms with Crippen LogP contribution in [0.2, 0.25) is 0 Å². The maximum Gasteiger partial charge on any atom is 0.251 e. The van der Waals surface area contributed by atoms with Gasteiger partial charge in [-0.2, -0.15) is 0 Å². The Balaban J connectivity index is 1.53. The topological polar surface area (TPSA) is 71.2 Å². The Bertz CT molecular complexity index is 1040. The molecule has 0 bridgehead atoms. The number of pyridine rings is 1. The van der Waals surface area contributed by atoms with Crippen molar-refractivity contribution in [2.45, 2.75) is 38.5 Å². The van der Waals surface area contributed by atoms with Crippen molar-refractivity contribution in [3.8, 4) is 5.75 Å². The number of H-pyrrole nitrogens is 1. The molecule has 5 nitrogen and oxygen atoms in total. The minimum atomic E-state index is -0.134. The zero-order chi connectivity index (χ0) is 20.9. The third-order valence-electron chi connectivity index (χ3n) is 5.38. The lowest BCUT2D eigenvalue weighted by Crippen LogP contribution is -2.29. The highest BCUT2D eigenvalue weighted by Crippen LogP contribution is 2.28. The second kappa shape index (κ2) is 8.95. The number of carbonyl (C=O) groups excluding carboxylic acids is 1. The van der Waals surface area contributed by atoms with Crippen LogP contribution in [0.5, 0.6) is 5.75 Å². The molecule has 0 saturated heterocycles. The summed E-state index contributed by atoms with van der Waals surface area (Å²) in [5.41, 5.74) is 2.44. The summed E-state index contributed by atoms with van der Waals surface area (Å²) in [7, 11) is 1.59. The summed E-state index contributed by atoms with van der Waals surface area (Å²) in [5, 5.41) is 3.88. The number of hydrogen-bond donors (Lipinski definition) is 2. The number of methoxy groups -OCH3 is 1. The monoisotopic (exact) mass is 392 g/mol. The average Bonchev–Trinajstić information content (AvgIpc) is 2.73. The van der Waals surface area contributed by atoms with E-state index < -0.39 is 0 Å². The number of hydrogen-bond acceptors (Lipinski definition) is 3. The molecule has 3 rings (SSSR count). The zero-order valence-corrected chi connectivity index (χ0v) is 17.2. The van der Waals surface area contributed by atoms with Crippen LogP contribution in [0.3, 0.4) is 0 Å². The first-order chi connectivity index (χ1) is 13.9. The second-order valence-electron chi connectivity index (χ2n) is 7.93. The molecule has 3 aromatic rings. The highest BCUT2D eigenvalue weighted by molar-refractivity contribution is 5.80. The Morgan fingerprint density at radius 2 is 1.86 bits per heavy atom. The first kappa shape index (κ1) is 20.6. The maximum absolute atomic E-state index is 12.3. The van der Waals surface area contributed by atoms with Crippen LogP contribution in [-0.2, 0) is 16.6 Å². The molecule has 2 N–H and O–H groups in total. The molecule has 1 heterocycles. The molecule has 1 aromatic heterocycles. The normalized spacial score (nSPS) is 11.4. The number of aromatic nitrogens is 1. The van der Waals surface area contributed by atoms with Gasteiger partial charge >= 0.3 is 0 Å². The van der Waals surface area contributed by atoms with E-state index in [-0.39, 0.29) is 16.9 Å². The fourth-order valence-electron chi connectivity index (χ4n) is 3.42. The standard InChI is InChI=1S/C24H28N2O3/c1-24(2,19-7-5-4-6-8-19)13-11-22(27)25-14-12-18-15-17-9-10-20(29-3)16-21(17)26-23(18)28/h4-10,15-16H,11-14H2,1-3H3,(H,25,27)(H,26,28). The Hall–Kier alpha value is -3.08. The van der Waals surface area contributed by atoms with Gasteiger partial charge < -0.3 is 15.0 Å². The van der Waals surface area contributed by atoms with E-state index in [9.17, 15) is 9.59 Å². The van der Waals surface area contributed by atoms with Crippen molar-refractivity contribution in [2.24, 2.45) is 0 Å². The number of amides is 1. The van der Waals surface area contributed by atoms with Gasteiger partial charge in [0.15, 0.2) is 0 Å². The fraction of sp³-hybridized carbons (Fsp3) is 0.333. The molecule has 152 valence electrons. The summed E-state index contributed by atoms with van der Waals surface area (Å²) in [4.78, 5) is 27.5. The number of carbonyl (C=O) groups is 1. The van der Waals surface area contributed by atoms with Crippen LogP contribution >= 0.6 is 0 Å². The molecular formula is C24H28N2O3. The molecule has 2 aromatic carbocycles. The van der Waals surface area contributed by atoms with Gasteiger partial charge in [0.05, 0.1) is 12.6 Å². The summed E-state index contributed by atoms with van der Waals surface area (Å²) in [6.07, 6.45) is 1.71. The molecule has 0 saturated carbocycles. The van der Waals surface area contributed by atoms with Crippen LogP contribution in [0.15, 0.2) is 59.4 Å². The van der Waals surface area contributed by atoms with Crippen LogP contribution in [0, 0.1) is 0 Å². The van der Waals surface area contributed by atoms with Crippen LogP contribution in [0.1, 0.15) is 37.8 Å². The quantitative estimate of drug-likeness (QED) is 0.610. The van der Waals surface area contributed by atoms with Crippen molar-refractivity contribution < 1.29 is 9.53 Å². The lowest BCUT2D eigenvalue weighted by atomic mass is 9.80. The Labute approximate surface area is 171 Å². The highest BCUT2D eigenvalue weighted by Gasteiger charge is 2.21. The summed E-state index contributed by atoms with van der Waals surface area (Å²) < 4.78 is 5.19. The van der Waals surface area contributed by atoms with E-state index in [0.29, 0.717) is 30.7 Å². The molecule has 0 atom stereocenters. The maximum atomic E-state index is 12.3. The Morgan fingerprint density at radius 3 is 2.59 bits per heavy atom. The van der Waals surface area contributed by atoms with Crippen LogP contribution in [0.25, 0.3) is 10.9 Å². The predicted octanol–water partition coefficient (Wildman–Crippen LogP) is 3.95. The lowest BCUT2D eigenvalue weighted by Gasteiger charge is -2.25. The van der Waals surface area contributed by atoms with Gasteiger partial charge in [-0.15, -0.1) is 0 Å². The van der Waals surface area contributed by atoms with Gasteiger partial charge in [-0.1, -0.05) is 44.2 Å². The molecule has 0 unspecified atom stereocenters. The largest absolute Gasteiger partial charge is 0.497 e. The fourth-order valence-corrected chi connectivity index (χ4v) is 3.42. The molecule has 0 fully saturated rings. The summed E-state index contributed by atoms with van der Waals surface area (Å²) in [5.74, 6) is 0.711. The van der Waals surface area contributed by atoms with Crippen molar-refractivity contribution in [3.05, 3.63) is 76.1 Å². The molecule has 1 amide bonds. The third kappa shape index (κ3) is 5.25. The van der Waals surface area contributed by atoms with Crippen molar-refractivity contribution in [3.63, 3.8) is 0 Å². The van der Waals surface area contributed by atoms with Crippen LogP contribution < -0.4 is 15.6 Å². The number of nitrogens with one attached hydrogen (secondary N) is 2. The lowest BCUT2D eigenvalue weighted by molar-refractivity contribution is -0.121. The van der Waals surface area contributed by atoms with E-state index in [0.717, 1.165) is 17.3 Å². The van der Waals surface area contributed by atoms with Gasteiger partial charge in [0.1, 0.15) is 5.75 Å². The smallest absolute Gasteiger partial charge is 0.251 e. The van der Waals surface area contributed by atoms with E-state index in [1.54, 1.807) is 13.2 Å².